The summed E-state index contributed by atoms with van der Waals surface area (Å²) in [6.07, 6.45) is 2.83. The van der Waals surface area contributed by atoms with Crippen LogP contribution in [0.25, 0.3) is 16.9 Å². The van der Waals surface area contributed by atoms with Crippen LogP contribution in [0.1, 0.15) is 5.56 Å². The predicted octanol–water partition coefficient (Wildman–Crippen LogP) is 4.30. The monoisotopic (exact) mass is 267 g/mol. The molecule has 0 bridgehead atoms. The zero-order chi connectivity index (χ0) is 13.2. The fraction of sp³-hybridized carbons (Fsp3) is 0.0625. The average molecular weight is 268 g/mol. The number of para-hydroxylation sites is 1. The Morgan fingerprint density at radius 2 is 1.68 bits per heavy atom. The number of benzene rings is 2. The van der Waals surface area contributed by atoms with E-state index in [1.54, 1.807) is 0 Å². The van der Waals surface area contributed by atoms with Crippen molar-refractivity contribution in [1.29, 1.82) is 0 Å². The fourth-order valence-electron chi connectivity index (χ4n) is 2.01. The number of nitrogens with zero attached hydrogens (tertiary/aromatic N) is 2. The van der Waals surface area contributed by atoms with Crippen LogP contribution in [0.4, 0.5) is 0 Å². The SMILES string of the molecule is Cc1ccc(-c2c(Cl)[c]nn2-c2ccccc2)cc1. The third-order valence-corrected chi connectivity index (χ3v) is 3.26. The van der Waals surface area contributed by atoms with Crippen LogP contribution >= 0.6 is 11.6 Å². The Balaban J connectivity index is 2.17. The van der Waals surface area contributed by atoms with Crippen LogP contribution in [-0.2, 0) is 0 Å². The Kier molecular flexibility index (Phi) is 3.10. The van der Waals surface area contributed by atoms with E-state index in [0.717, 1.165) is 16.9 Å². The van der Waals surface area contributed by atoms with Crippen LogP contribution in [0.2, 0.25) is 5.02 Å². The minimum Gasteiger partial charge on any atom is -0.231 e. The molecule has 0 unspecified atom stereocenters. The van der Waals surface area contributed by atoms with Gasteiger partial charge >= 0.3 is 0 Å². The van der Waals surface area contributed by atoms with Crippen molar-refractivity contribution in [3.63, 3.8) is 0 Å². The molecule has 0 N–H and O–H groups in total. The molecule has 2 nitrogen and oxygen atoms in total. The Hall–Kier alpha value is -2.06. The minimum absolute atomic E-state index is 0.535. The molecule has 0 atom stereocenters. The molecule has 0 saturated carbocycles. The molecule has 0 fully saturated rings. The summed E-state index contributed by atoms with van der Waals surface area (Å²) in [4.78, 5) is 0. The van der Waals surface area contributed by atoms with Crippen molar-refractivity contribution in [2.75, 3.05) is 0 Å². The highest BCUT2D eigenvalue weighted by Crippen LogP contribution is 2.29. The summed E-state index contributed by atoms with van der Waals surface area (Å²) in [5.41, 5.74) is 4.09. The largest absolute Gasteiger partial charge is 0.231 e. The smallest absolute Gasteiger partial charge is 0.134 e. The van der Waals surface area contributed by atoms with E-state index < -0.39 is 0 Å². The fourth-order valence-corrected chi connectivity index (χ4v) is 2.23. The van der Waals surface area contributed by atoms with Crippen LogP contribution in [0.15, 0.2) is 54.6 Å². The summed E-state index contributed by atoms with van der Waals surface area (Å²) in [6.45, 7) is 2.06. The second-order valence-corrected chi connectivity index (χ2v) is 4.77. The molecule has 3 heteroatoms. The molecule has 3 rings (SSSR count). The van der Waals surface area contributed by atoms with E-state index in [0.29, 0.717) is 5.02 Å². The van der Waals surface area contributed by atoms with E-state index in [4.69, 9.17) is 11.6 Å². The molecule has 0 spiro atoms. The first kappa shape index (κ1) is 12.0. The predicted molar refractivity (Wildman–Crippen MR) is 77.6 cm³/mol. The van der Waals surface area contributed by atoms with Gasteiger partial charge in [0.1, 0.15) is 6.20 Å². The second kappa shape index (κ2) is 4.90. The van der Waals surface area contributed by atoms with Gasteiger partial charge in [-0.25, -0.2) is 4.68 Å². The van der Waals surface area contributed by atoms with E-state index in [1.165, 1.54) is 5.56 Å². The van der Waals surface area contributed by atoms with Gasteiger partial charge in [-0.1, -0.05) is 59.6 Å². The lowest BCUT2D eigenvalue weighted by Gasteiger charge is -2.08. The van der Waals surface area contributed by atoms with Crippen molar-refractivity contribution >= 4 is 11.6 Å². The molecule has 0 aliphatic rings. The molecule has 19 heavy (non-hydrogen) atoms. The lowest BCUT2D eigenvalue weighted by atomic mass is 10.1. The Morgan fingerprint density at radius 3 is 2.37 bits per heavy atom. The molecule has 2 aromatic carbocycles. The quantitative estimate of drug-likeness (QED) is 0.677. The van der Waals surface area contributed by atoms with Gasteiger partial charge in [-0.15, -0.1) is 0 Å². The van der Waals surface area contributed by atoms with Gasteiger partial charge < -0.3 is 0 Å². The molecular weight excluding hydrogens is 256 g/mol. The number of halogens is 1. The van der Waals surface area contributed by atoms with Crippen LogP contribution in [0.3, 0.4) is 0 Å². The molecule has 0 saturated heterocycles. The third kappa shape index (κ3) is 2.27. The maximum absolute atomic E-state index is 6.23. The van der Waals surface area contributed by atoms with Gasteiger partial charge in [-0.3, -0.25) is 0 Å². The summed E-state index contributed by atoms with van der Waals surface area (Å²) >= 11 is 6.23. The lowest BCUT2D eigenvalue weighted by Crippen LogP contribution is -1.98. The first-order chi connectivity index (χ1) is 9.25. The van der Waals surface area contributed by atoms with Crippen molar-refractivity contribution < 1.29 is 0 Å². The molecule has 93 valence electrons. The van der Waals surface area contributed by atoms with Gasteiger partial charge in [0, 0.05) is 5.56 Å². The van der Waals surface area contributed by atoms with Crippen LogP contribution in [0.5, 0.6) is 0 Å². The van der Waals surface area contributed by atoms with Gasteiger partial charge in [-0.05, 0) is 19.1 Å². The summed E-state index contributed by atoms with van der Waals surface area (Å²) in [5, 5.41) is 4.78. The standard InChI is InChI=1S/C16H12ClN2/c1-12-7-9-13(10-8-12)16-15(17)11-18-19(16)14-5-3-2-4-6-14/h2-10H,1H3. The van der Waals surface area contributed by atoms with Gasteiger partial charge in [-0.2, -0.15) is 5.10 Å². The third-order valence-electron chi connectivity index (χ3n) is 2.99. The normalized spacial score (nSPS) is 10.6. The first-order valence-electron chi connectivity index (χ1n) is 6.04. The summed E-state index contributed by atoms with van der Waals surface area (Å²) in [5.74, 6) is 0. The number of aromatic nitrogens is 2. The Morgan fingerprint density at radius 1 is 1.00 bits per heavy atom. The maximum Gasteiger partial charge on any atom is 0.134 e. The van der Waals surface area contributed by atoms with Gasteiger partial charge in [0.2, 0.25) is 0 Å². The Bertz CT molecular complexity index is 685. The summed E-state index contributed by atoms with van der Waals surface area (Å²) in [6, 6.07) is 18.1. The molecular formula is C16H12ClN2. The number of hydrogen-bond donors (Lipinski definition) is 0. The summed E-state index contributed by atoms with van der Waals surface area (Å²) in [7, 11) is 0. The van der Waals surface area contributed by atoms with E-state index in [9.17, 15) is 0 Å². The van der Waals surface area contributed by atoms with E-state index in [2.05, 4.69) is 30.4 Å². The zero-order valence-electron chi connectivity index (χ0n) is 10.5. The van der Waals surface area contributed by atoms with Crippen LogP contribution in [-0.4, -0.2) is 9.78 Å². The summed E-state index contributed by atoms with van der Waals surface area (Å²) < 4.78 is 1.81. The molecule has 0 amide bonds. The highest BCUT2D eigenvalue weighted by atomic mass is 35.5. The Labute approximate surface area is 117 Å². The van der Waals surface area contributed by atoms with E-state index in [-0.39, 0.29) is 0 Å². The molecule has 1 heterocycles. The second-order valence-electron chi connectivity index (χ2n) is 4.39. The highest BCUT2D eigenvalue weighted by Gasteiger charge is 2.13. The number of aryl methyl sites for hydroxylation is 1. The van der Waals surface area contributed by atoms with Gasteiger partial charge in [0.15, 0.2) is 0 Å². The molecule has 1 aromatic heterocycles. The molecule has 1 radical (unpaired) electrons. The van der Waals surface area contributed by atoms with Crippen LogP contribution < -0.4 is 0 Å². The van der Waals surface area contributed by atoms with Gasteiger partial charge in [0.05, 0.1) is 16.4 Å². The minimum atomic E-state index is 0.535. The van der Waals surface area contributed by atoms with E-state index in [1.807, 2.05) is 47.1 Å². The number of hydrogen-bond acceptors (Lipinski definition) is 1. The first-order valence-corrected chi connectivity index (χ1v) is 6.42. The van der Waals surface area contributed by atoms with Crippen molar-refractivity contribution in [2.45, 2.75) is 6.92 Å². The lowest BCUT2D eigenvalue weighted by molar-refractivity contribution is 0.884. The van der Waals surface area contributed by atoms with Gasteiger partial charge in [0.25, 0.3) is 0 Å². The van der Waals surface area contributed by atoms with Crippen molar-refractivity contribution in [2.24, 2.45) is 0 Å². The topological polar surface area (TPSA) is 17.8 Å². The molecule has 3 aromatic rings. The van der Waals surface area contributed by atoms with E-state index >= 15 is 0 Å². The zero-order valence-corrected chi connectivity index (χ0v) is 11.2. The maximum atomic E-state index is 6.23. The number of rotatable bonds is 2. The average Bonchev–Trinajstić information content (AvgIpc) is 2.83. The molecule has 0 aliphatic carbocycles. The molecule has 0 aliphatic heterocycles. The van der Waals surface area contributed by atoms with Crippen LogP contribution in [0, 0.1) is 13.1 Å². The van der Waals surface area contributed by atoms with Crippen molar-refractivity contribution in [1.82, 2.24) is 9.78 Å². The van der Waals surface area contributed by atoms with Crippen molar-refractivity contribution in [3.05, 3.63) is 71.4 Å². The van der Waals surface area contributed by atoms with Crippen molar-refractivity contribution in [3.8, 4) is 16.9 Å². The highest BCUT2D eigenvalue weighted by molar-refractivity contribution is 6.32.